The van der Waals surface area contributed by atoms with Gasteiger partial charge in [-0.25, -0.2) is 4.39 Å². The predicted octanol–water partition coefficient (Wildman–Crippen LogP) is 2.36. The molecule has 1 aromatic carbocycles. The number of carbonyl (C=O) groups excluding carboxylic acids is 1. The molecule has 0 aliphatic carbocycles. The fraction of sp³-hybridized carbons (Fsp3) is 0.533. The second-order valence-corrected chi connectivity index (χ2v) is 4.97. The Bertz CT molecular complexity index is 478. The molecule has 0 unspecified atom stereocenters. The van der Waals surface area contributed by atoms with Crippen molar-refractivity contribution in [3.8, 4) is 5.75 Å². The van der Waals surface area contributed by atoms with Gasteiger partial charge in [0, 0.05) is 6.54 Å². The Balaban J connectivity index is 2.10. The van der Waals surface area contributed by atoms with Crippen molar-refractivity contribution >= 4 is 5.97 Å². The molecular formula is C15H20FNO3. The first-order valence-corrected chi connectivity index (χ1v) is 6.80. The van der Waals surface area contributed by atoms with Crippen molar-refractivity contribution in [2.24, 2.45) is 0 Å². The minimum absolute atomic E-state index is 0.210. The van der Waals surface area contributed by atoms with Crippen LogP contribution < -0.4 is 4.74 Å². The largest absolute Gasteiger partial charge is 0.494 e. The molecule has 0 amide bonds. The van der Waals surface area contributed by atoms with E-state index in [-0.39, 0.29) is 23.6 Å². The van der Waals surface area contributed by atoms with Gasteiger partial charge in [0.2, 0.25) is 0 Å². The maximum atomic E-state index is 13.7. The number of hydrogen-bond donors (Lipinski definition) is 0. The molecule has 1 fully saturated rings. The smallest absolute Gasteiger partial charge is 0.323 e. The van der Waals surface area contributed by atoms with E-state index in [9.17, 15) is 9.18 Å². The van der Waals surface area contributed by atoms with E-state index in [2.05, 4.69) is 4.90 Å². The summed E-state index contributed by atoms with van der Waals surface area (Å²) in [7, 11) is 2.85. The molecule has 1 saturated heterocycles. The topological polar surface area (TPSA) is 38.8 Å². The van der Waals surface area contributed by atoms with Crippen LogP contribution >= 0.6 is 0 Å². The molecule has 4 nitrogen and oxygen atoms in total. The number of carbonyl (C=O) groups is 1. The molecule has 1 aliphatic rings. The van der Waals surface area contributed by atoms with Gasteiger partial charge in [0.15, 0.2) is 11.6 Å². The number of rotatable bonds is 4. The van der Waals surface area contributed by atoms with E-state index in [1.54, 1.807) is 6.07 Å². The van der Waals surface area contributed by atoms with E-state index in [1.807, 2.05) is 6.07 Å². The van der Waals surface area contributed by atoms with Gasteiger partial charge in [0.25, 0.3) is 0 Å². The Labute approximate surface area is 118 Å². The lowest BCUT2D eigenvalue weighted by atomic mass is 10.0. The summed E-state index contributed by atoms with van der Waals surface area (Å²) in [6.45, 7) is 1.37. The Morgan fingerprint density at radius 3 is 2.85 bits per heavy atom. The van der Waals surface area contributed by atoms with Crippen molar-refractivity contribution in [3.05, 3.63) is 29.6 Å². The lowest BCUT2D eigenvalue weighted by Crippen LogP contribution is -2.44. The number of esters is 1. The normalized spacial score (nSPS) is 19.6. The highest BCUT2D eigenvalue weighted by molar-refractivity contribution is 5.75. The number of likely N-dealkylation sites (tertiary alicyclic amines) is 1. The summed E-state index contributed by atoms with van der Waals surface area (Å²) < 4.78 is 23.4. The van der Waals surface area contributed by atoms with Crippen LogP contribution in [0.15, 0.2) is 18.2 Å². The first kappa shape index (κ1) is 14.8. The molecule has 2 rings (SSSR count). The first-order chi connectivity index (χ1) is 9.65. The zero-order chi connectivity index (χ0) is 14.5. The Morgan fingerprint density at radius 1 is 1.40 bits per heavy atom. The molecule has 0 bridgehead atoms. The summed E-state index contributed by atoms with van der Waals surface area (Å²) in [6, 6.07) is 4.67. The summed E-state index contributed by atoms with van der Waals surface area (Å²) in [4.78, 5) is 13.8. The number of ether oxygens (including phenoxy) is 2. The van der Waals surface area contributed by atoms with Crippen molar-refractivity contribution in [3.63, 3.8) is 0 Å². The SMILES string of the molecule is COC(=O)[C@H]1CCCCN1Cc1ccc(OC)c(F)c1. The van der Waals surface area contributed by atoms with Crippen molar-refractivity contribution in [2.75, 3.05) is 20.8 Å². The number of hydrogen-bond acceptors (Lipinski definition) is 4. The third kappa shape index (κ3) is 3.28. The van der Waals surface area contributed by atoms with Crippen molar-refractivity contribution < 1.29 is 18.7 Å². The molecule has 5 heteroatoms. The monoisotopic (exact) mass is 281 g/mol. The maximum Gasteiger partial charge on any atom is 0.323 e. The second-order valence-electron chi connectivity index (χ2n) is 4.97. The van der Waals surface area contributed by atoms with Crippen molar-refractivity contribution in [2.45, 2.75) is 31.8 Å². The minimum Gasteiger partial charge on any atom is -0.494 e. The number of halogens is 1. The van der Waals surface area contributed by atoms with Crippen LogP contribution in [0.5, 0.6) is 5.75 Å². The third-order valence-corrected chi connectivity index (χ3v) is 3.69. The van der Waals surface area contributed by atoms with Gasteiger partial charge >= 0.3 is 5.97 Å². The summed E-state index contributed by atoms with van der Waals surface area (Å²) in [5.41, 5.74) is 0.833. The van der Waals surface area contributed by atoms with Gasteiger partial charge in [-0.2, -0.15) is 0 Å². The van der Waals surface area contributed by atoms with E-state index in [4.69, 9.17) is 9.47 Å². The zero-order valence-corrected chi connectivity index (χ0v) is 11.9. The standard InChI is InChI=1S/C15H20FNO3/c1-19-14-7-6-11(9-12(14)16)10-17-8-4-3-5-13(17)15(18)20-2/h6-7,9,13H,3-5,8,10H2,1-2H3/t13-/m1/s1. The summed E-state index contributed by atoms with van der Waals surface area (Å²) in [6.07, 6.45) is 2.87. The molecule has 1 aromatic rings. The number of methoxy groups -OCH3 is 2. The second kappa shape index (κ2) is 6.70. The average molecular weight is 281 g/mol. The van der Waals surface area contributed by atoms with E-state index in [0.29, 0.717) is 6.54 Å². The molecule has 0 N–H and O–H groups in total. The molecule has 110 valence electrons. The Morgan fingerprint density at radius 2 is 2.20 bits per heavy atom. The number of benzene rings is 1. The lowest BCUT2D eigenvalue weighted by Gasteiger charge is -2.33. The van der Waals surface area contributed by atoms with E-state index >= 15 is 0 Å². The molecule has 0 spiro atoms. The van der Waals surface area contributed by atoms with Crippen LogP contribution in [0, 0.1) is 5.82 Å². The molecular weight excluding hydrogens is 261 g/mol. The van der Waals surface area contributed by atoms with Gasteiger partial charge in [-0.3, -0.25) is 9.69 Å². The summed E-state index contributed by atoms with van der Waals surface area (Å²) in [5.74, 6) is -0.354. The minimum atomic E-state index is -0.378. The Hall–Kier alpha value is -1.62. The highest BCUT2D eigenvalue weighted by Crippen LogP contribution is 2.23. The zero-order valence-electron chi connectivity index (χ0n) is 11.9. The maximum absolute atomic E-state index is 13.7. The van der Waals surface area contributed by atoms with Gasteiger partial charge < -0.3 is 9.47 Å². The van der Waals surface area contributed by atoms with Crippen LogP contribution in [0.3, 0.4) is 0 Å². The van der Waals surface area contributed by atoms with Crippen LogP contribution in [0.2, 0.25) is 0 Å². The van der Waals surface area contributed by atoms with Crippen LogP contribution in [0.1, 0.15) is 24.8 Å². The van der Waals surface area contributed by atoms with Crippen LogP contribution in [-0.4, -0.2) is 37.7 Å². The van der Waals surface area contributed by atoms with E-state index < -0.39 is 0 Å². The fourth-order valence-electron chi connectivity index (χ4n) is 2.63. The molecule has 0 aromatic heterocycles. The molecule has 1 heterocycles. The third-order valence-electron chi connectivity index (χ3n) is 3.69. The van der Waals surface area contributed by atoms with E-state index in [0.717, 1.165) is 31.4 Å². The molecule has 1 atom stereocenters. The van der Waals surface area contributed by atoms with Gasteiger partial charge in [0.1, 0.15) is 6.04 Å². The molecule has 0 saturated carbocycles. The van der Waals surface area contributed by atoms with E-state index in [1.165, 1.54) is 20.3 Å². The van der Waals surface area contributed by atoms with Gasteiger partial charge in [-0.15, -0.1) is 0 Å². The highest BCUT2D eigenvalue weighted by Gasteiger charge is 2.29. The van der Waals surface area contributed by atoms with Crippen LogP contribution in [0.4, 0.5) is 4.39 Å². The van der Waals surface area contributed by atoms with Crippen molar-refractivity contribution in [1.82, 2.24) is 4.90 Å². The fourth-order valence-corrected chi connectivity index (χ4v) is 2.63. The lowest BCUT2D eigenvalue weighted by molar-refractivity contribution is -0.148. The molecule has 0 radical (unpaired) electrons. The first-order valence-electron chi connectivity index (χ1n) is 6.80. The predicted molar refractivity (Wildman–Crippen MR) is 73.0 cm³/mol. The quantitative estimate of drug-likeness (QED) is 0.794. The number of nitrogens with zero attached hydrogens (tertiary/aromatic N) is 1. The van der Waals surface area contributed by atoms with Crippen LogP contribution in [-0.2, 0) is 16.1 Å². The van der Waals surface area contributed by atoms with Crippen molar-refractivity contribution in [1.29, 1.82) is 0 Å². The van der Waals surface area contributed by atoms with Gasteiger partial charge in [-0.05, 0) is 37.1 Å². The summed E-state index contributed by atoms with van der Waals surface area (Å²) in [5, 5.41) is 0. The highest BCUT2D eigenvalue weighted by atomic mass is 19.1. The Kier molecular flexibility index (Phi) is 4.95. The van der Waals surface area contributed by atoms with Gasteiger partial charge in [0.05, 0.1) is 14.2 Å². The molecule has 20 heavy (non-hydrogen) atoms. The average Bonchev–Trinajstić information content (AvgIpc) is 2.47. The molecule has 1 aliphatic heterocycles. The van der Waals surface area contributed by atoms with Gasteiger partial charge in [-0.1, -0.05) is 12.5 Å². The number of piperidine rings is 1. The van der Waals surface area contributed by atoms with Crippen LogP contribution in [0.25, 0.3) is 0 Å². The summed E-state index contributed by atoms with van der Waals surface area (Å²) >= 11 is 0.